The molecule has 1 N–H and O–H groups in total. The van der Waals surface area contributed by atoms with Gasteiger partial charge in [0.05, 0.1) is 5.52 Å². The summed E-state index contributed by atoms with van der Waals surface area (Å²) in [6.45, 7) is 0. The second-order valence-electron chi connectivity index (χ2n) is 5.77. The van der Waals surface area contributed by atoms with Crippen LogP contribution in [0, 0.1) is 5.82 Å². The highest BCUT2D eigenvalue weighted by molar-refractivity contribution is 5.78. The zero-order chi connectivity index (χ0) is 16.4. The zero-order valence-corrected chi connectivity index (χ0v) is 13.0. The first-order valence-corrected chi connectivity index (χ1v) is 7.92. The number of fused-ring (bicyclic) bond motifs is 1. The van der Waals surface area contributed by atoms with Gasteiger partial charge in [0, 0.05) is 18.2 Å². The Hall–Kier alpha value is -3.01. The molecule has 0 bridgehead atoms. The lowest BCUT2D eigenvalue weighted by molar-refractivity contribution is 0.627. The van der Waals surface area contributed by atoms with Gasteiger partial charge in [-0.3, -0.25) is 0 Å². The third kappa shape index (κ3) is 3.04. The molecule has 0 fully saturated rings. The first-order valence-electron chi connectivity index (χ1n) is 7.92. The van der Waals surface area contributed by atoms with Gasteiger partial charge in [-0.05, 0) is 35.7 Å². The number of halogens is 1. The maximum Gasteiger partial charge on any atom is 0.177 e. The summed E-state index contributed by atoms with van der Waals surface area (Å²) in [7, 11) is 0. The van der Waals surface area contributed by atoms with Crippen LogP contribution < -0.4 is 0 Å². The summed E-state index contributed by atoms with van der Waals surface area (Å²) in [4.78, 5) is 12.3. The minimum Gasteiger partial charge on any atom is -0.341 e. The summed E-state index contributed by atoms with van der Waals surface area (Å²) in [5, 5.41) is 0. The van der Waals surface area contributed by atoms with Crippen LogP contribution in [0.1, 0.15) is 11.4 Å². The van der Waals surface area contributed by atoms with Crippen molar-refractivity contribution in [2.45, 2.75) is 12.8 Å². The van der Waals surface area contributed by atoms with Gasteiger partial charge in [0.15, 0.2) is 5.65 Å². The van der Waals surface area contributed by atoms with Crippen LogP contribution in [0.25, 0.3) is 22.3 Å². The molecule has 0 aliphatic heterocycles. The van der Waals surface area contributed by atoms with Gasteiger partial charge in [-0.2, -0.15) is 0 Å². The van der Waals surface area contributed by atoms with E-state index in [2.05, 4.69) is 33.2 Å². The predicted molar refractivity (Wildman–Crippen MR) is 93.1 cm³/mol. The van der Waals surface area contributed by atoms with E-state index in [9.17, 15) is 4.39 Å². The molecule has 118 valence electrons. The van der Waals surface area contributed by atoms with Gasteiger partial charge < -0.3 is 4.98 Å². The van der Waals surface area contributed by atoms with Gasteiger partial charge in [0.2, 0.25) is 0 Å². The highest BCUT2D eigenvalue weighted by atomic mass is 19.1. The van der Waals surface area contributed by atoms with Gasteiger partial charge in [0.1, 0.15) is 11.6 Å². The fourth-order valence-electron chi connectivity index (χ4n) is 2.77. The number of hydrogen-bond acceptors (Lipinski definition) is 2. The smallest absolute Gasteiger partial charge is 0.177 e. The Labute approximate surface area is 139 Å². The molecule has 2 aromatic heterocycles. The molecule has 24 heavy (non-hydrogen) atoms. The Balaban J connectivity index is 1.56. The van der Waals surface area contributed by atoms with Crippen LogP contribution in [-0.2, 0) is 12.8 Å². The lowest BCUT2D eigenvalue weighted by Crippen LogP contribution is -1.93. The molecule has 0 aliphatic carbocycles. The van der Waals surface area contributed by atoms with Gasteiger partial charge in [-0.1, -0.05) is 42.5 Å². The number of imidazole rings is 1. The number of nitrogens with zero attached hydrogens (tertiary/aromatic N) is 2. The second kappa shape index (κ2) is 6.24. The Morgan fingerprint density at radius 1 is 0.875 bits per heavy atom. The quantitative estimate of drug-likeness (QED) is 0.600. The zero-order valence-electron chi connectivity index (χ0n) is 13.0. The Morgan fingerprint density at radius 2 is 1.67 bits per heavy atom. The normalized spacial score (nSPS) is 11.0. The molecular formula is C20H16FN3. The van der Waals surface area contributed by atoms with Gasteiger partial charge in [0.25, 0.3) is 0 Å². The number of H-pyrrole nitrogens is 1. The molecule has 2 aromatic carbocycles. The van der Waals surface area contributed by atoms with Crippen molar-refractivity contribution in [3.8, 4) is 11.1 Å². The molecule has 4 aromatic rings. The van der Waals surface area contributed by atoms with Gasteiger partial charge in [-0.25, -0.2) is 14.4 Å². The number of aryl methyl sites for hydroxylation is 2. The van der Waals surface area contributed by atoms with E-state index in [0.29, 0.717) is 0 Å². The molecule has 3 nitrogen and oxygen atoms in total. The Kier molecular flexibility index (Phi) is 3.79. The van der Waals surface area contributed by atoms with E-state index >= 15 is 0 Å². The van der Waals surface area contributed by atoms with Crippen LogP contribution in [-0.4, -0.2) is 15.0 Å². The average Bonchev–Trinajstić information content (AvgIpc) is 3.04. The van der Waals surface area contributed by atoms with Crippen molar-refractivity contribution >= 4 is 11.2 Å². The van der Waals surface area contributed by atoms with Crippen LogP contribution in [0.3, 0.4) is 0 Å². The molecular weight excluding hydrogens is 301 g/mol. The fraction of sp³-hybridized carbons (Fsp3) is 0.100. The van der Waals surface area contributed by atoms with Gasteiger partial charge >= 0.3 is 0 Å². The van der Waals surface area contributed by atoms with Crippen molar-refractivity contribution < 1.29 is 4.39 Å². The molecule has 0 spiro atoms. The highest BCUT2D eigenvalue weighted by Gasteiger charge is 2.06. The summed E-state index contributed by atoms with van der Waals surface area (Å²) in [6.07, 6.45) is 3.43. The number of pyridine rings is 1. The lowest BCUT2D eigenvalue weighted by atomic mass is 10.1. The van der Waals surface area contributed by atoms with Crippen molar-refractivity contribution in [3.05, 3.63) is 84.1 Å². The van der Waals surface area contributed by atoms with Crippen LogP contribution in [0.4, 0.5) is 4.39 Å². The molecule has 0 saturated heterocycles. The van der Waals surface area contributed by atoms with E-state index in [1.165, 1.54) is 12.1 Å². The third-order valence-corrected chi connectivity index (χ3v) is 4.06. The molecule has 4 rings (SSSR count). The van der Waals surface area contributed by atoms with Crippen LogP contribution in [0.2, 0.25) is 0 Å². The first-order chi connectivity index (χ1) is 11.8. The summed E-state index contributed by atoms with van der Waals surface area (Å²) in [5.41, 5.74) is 4.95. The number of benzene rings is 2. The van der Waals surface area contributed by atoms with Crippen molar-refractivity contribution in [3.63, 3.8) is 0 Å². The first kappa shape index (κ1) is 14.6. The largest absolute Gasteiger partial charge is 0.341 e. The maximum atomic E-state index is 12.9. The minimum atomic E-state index is -0.208. The van der Waals surface area contributed by atoms with Crippen LogP contribution in [0.15, 0.2) is 66.9 Å². The van der Waals surface area contributed by atoms with Crippen molar-refractivity contribution in [2.75, 3.05) is 0 Å². The Morgan fingerprint density at radius 3 is 2.46 bits per heavy atom. The lowest BCUT2D eigenvalue weighted by Gasteiger charge is -1.99. The van der Waals surface area contributed by atoms with E-state index < -0.39 is 0 Å². The molecule has 0 aliphatic rings. The van der Waals surface area contributed by atoms with E-state index in [-0.39, 0.29) is 5.82 Å². The van der Waals surface area contributed by atoms with E-state index in [0.717, 1.165) is 46.5 Å². The summed E-state index contributed by atoms with van der Waals surface area (Å²) < 4.78 is 12.9. The number of aromatic nitrogens is 3. The number of rotatable bonds is 4. The minimum absolute atomic E-state index is 0.208. The Bertz CT molecular complexity index is 959. The molecule has 0 saturated carbocycles. The molecule has 0 unspecified atom stereocenters. The fourth-order valence-corrected chi connectivity index (χ4v) is 2.77. The number of hydrogen-bond donors (Lipinski definition) is 1. The summed E-state index contributed by atoms with van der Waals surface area (Å²) in [6, 6.07) is 18.8. The maximum absolute atomic E-state index is 12.9. The standard InChI is InChI=1S/C20H16FN3/c21-17-9-6-14(7-10-17)8-11-19-23-18-12-16(13-22-20(18)24-19)15-4-2-1-3-5-15/h1-7,9-10,12-13H,8,11H2,(H,22,23,24). The van der Waals surface area contributed by atoms with Crippen molar-refractivity contribution in [1.29, 1.82) is 0 Å². The second-order valence-corrected chi connectivity index (χ2v) is 5.77. The van der Waals surface area contributed by atoms with Crippen LogP contribution in [0.5, 0.6) is 0 Å². The summed E-state index contributed by atoms with van der Waals surface area (Å²) in [5.74, 6) is 0.687. The van der Waals surface area contributed by atoms with Crippen molar-refractivity contribution in [2.24, 2.45) is 0 Å². The molecule has 0 atom stereocenters. The molecule has 4 heteroatoms. The average molecular weight is 317 g/mol. The predicted octanol–water partition coefficient (Wildman–Crippen LogP) is 4.55. The number of aromatic amines is 1. The van der Waals surface area contributed by atoms with E-state index in [1.807, 2.05) is 36.5 Å². The molecule has 2 heterocycles. The monoisotopic (exact) mass is 317 g/mol. The third-order valence-electron chi connectivity index (χ3n) is 4.06. The molecule has 0 amide bonds. The summed E-state index contributed by atoms with van der Waals surface area (Å²) >= 11 is 0. The topological polar surface area (TPSA) is 41.6 Å². The van der Waals surface area contributed by atoms with E-state index in [1.54, 1.807) is 0 Å². The van der Waals surface area contributed by atoms with Crippen molar-refractivity contribution in [1.82, 2.24) is 15.0 Å². The molecule has 0 radical (unpaired) electrons. The van der Waals surface area contributed by atoms with Crippen LogP contribution >= 0.6 is 0 Å². The van der Waals surface area contributed by atoms with E-state index in [4.69, 9.17) is 0 Å². The SMILES string of the molecule is Fc1ccc(CCc2nc3ncc(-c4ccccc4)cc3[nH]2)cc1. The highest BCUT2D eigenvalue weighted by Crippen LogP contribution is 2.21. The number of nitrogens with one attached hydrogen (secondary N) is 1. The van der Waals surface area contributed by atoms with Gasteiger partial charge in [-0.15, -0.1) is 0 Å².